The van der Waals surface area contributed by atoms with E-state index in [1.54, 1.807) is 43.9 Å². The van der Waals surface area contributed by atoms with Gasteiger partial charge in [0, 0.05) is 114 Å². The largest absolute Gasteiger partial charge is 0.481 e. The maximum absolute atomic E-state index is 13.8. The fourth-order valence-electron chi connectivity index (χ4n) is 8.85. The zero-order valence-electron chi connectivity index (χ0n) is 46.8. The zero-order chi connectivity index (χ0) is 61.1. The molecule has 1 aliphatic heterocycles. The lowest BCUT2D eigenvalue weighted by Gasteiger charge is -2.32. The molecule has 1 heterocycles. The van der Waals surface area contributed by atoms with Crippen molar-refractivity contribution in [1.82, 2.24) is 51.1 Å². The molecular formula is C55H81BrN10O17. The van der Waals surface area contributed by atoms with E-state index in [0.717, 1.165) is 28.4 Å². The van der Waals surface area contributed by atoms with Gasteiger partial charge in [0.25, 0.3) is 5.91 Å². The number of unbranched alkanes of at least 4 members (excludes halogenated alkanes) is 5. The number of aliphatic carboxylic acids is 6. The van der Waals surface area contributed by atoms with Crippen molar-refractivity contribution in [2.75, 3.05) is 98.2 Å². The van der Waals surface area contributed by atoms with Crippen LogP contribution in [-0.2, 0) is 56.2 Å². The molecule has 2 aromatic carbocycles. The Bertz CT molecular complexity index is 2410. The summed E-state index contributed by atoms with van der Waals surface area (Å²) < 4.78 is 0.849. The molecule has 3 rings (SSSR count). The minimum Gasteiger partial charge on any atom is -0.481 e. The minimum absolute atomic E-state index is 0.0268. The molecule has 0 radical (unpaired) electrons. The number of carboxylic acids is 6. The van der Waals surface area contributed by atoms with E-state index in [-0.39, 0.29) is 115 Å². The summed E-state index contributed by atoms with van der Waals surface area (Å²) in [5.74, 6) is -7.98. The Morgan fingerprint density at radius 3 is 1.39 bits per heavy atom. The number of hydrogen-bond acceptors (Lipinski definition) is 15. The number of amides is 6. The third-order valence-corrected chi connectivity index (χ3v) is 14.0. The maximum atomic E-state index is 13.8. The highest BCUT2D eigenvalue weighted by atomic mass is 79.9. The number of urea groups is 1. The van der Waals surface area contributed by atoms with Crippen molar-refractivity contribution in [3.8, 4) is 0 Å². The topological polar surface area (TPSA) is 386 Å². The first-order valence-corrected chi connectivity index (χ1v) is 28.6. The maximum Gasteiger partial charge on any atom is 0.326 e. The van der Waals surface area contributed by atoms with Crippen LogP contribution in [0.4, 0.5) is 4.79 Å². The van der Waals surface area contributed by atoms with Crippen LogP contribution in [0.15, 0.2) is 53.0 Å². The molecule has 0 bridgehead atoms. The molecule has 460 valence electrons. The Morgan fingerprint density at radius 2 is 0.892 bits per heavy atom. The molecule has 1 saturated heterocycles. The molecule has 27 nitrogen and oxygen atoms in total. The number of nitrogens with one attached hydrogen (secondary N) is 5. The molecule has 28 heteroatoms. The van der Waals surface area contributed by atoms with Crippen LogP contribution < -0.4 is 26.6 Å². The Kier molecular flexibility index (Phi) is 33.1. The van der Waals surface area contributed by atoms with Crippen molar-refractivity contribution in [1.29, 1.82) is 0 Å². The summed E-state index contributed by atoms with van der Waals surface area (Å²) in [7, 11) is 0. The van der Waals surface area contributed by atoms with Gasteiger partial charge in [-0.25, -0.2) is 14.4 Å². The van der Waals surface area contributed by atoms with E-state index in [0.29, 0.717) is 83.4 Å². The summed E-state index contributed by atoms with van der Waals surface area (Å²) in [6.07, 6.45) is 4.28. The second-order valence-corrected chi connectivity index (χ2v) is 21.2. The molecular weight excluding hydrogens is 1150 g/mol. The summed E-state index contributed by atoms with van der Waals surface area (Å²) >= 11 is 3.41. The van der Waals surface area contributed by atoms with Crippen LogP contribution in [0.25, 0.3) is 0 Å². The van der Waals surface area contributed by atoms with Gasteiger partial charge in [0.15, 0.2) is 0 Å². The minimum atomic E-state index is -1.54. The van der Waals surface area contributed by atoms with Crippen LogP contribution >= 0.6 is 15.9 Å². The van der Waals surface area contributed by atoms with E-state index < -0.39 is 66.8 Å². The summed E-state index contributed by atoms with van der Waals surface area (Å²) in [5, 5.41) is 69.2. The quantitative estimate of drug-likeness (QED) is 0.0430. The molecule has 0 saturated carbocycles. The normalized spacial score (nSPS) is 14.6. The number of benzene rings is 2. The van der Waals surface area contributed by atoms with Crippen LogP contribution in [0.2, 0.25) is 0 Å². The molecule has 1 fully saturated rings. The van der Waals surface area contributed by atoms with Crippen LogP contribution in [0, 0.1) is 0 Å². The van der Waals surface area contributed by atoms with Gasteiger partial charge in [0.05, 0.1) is 26.2 Å². The van der Waals surface area contributed by atoms with Crippen molar-refractivity contribution < 1.29 is 83.4 Å². The van der Waals surface area contributed by atoms with Gasteiger partial charge in [0.2, 0.25) is 17.7 Å². The molecule has 0 aromatic heterocycles. The zero-order valence-corrected chi connectivity index (χ0v) is 48.4. The van der Waals surface area contributed by atoms with Gasteiger partial charge in [-0.3, -0.25) is 58.0 Å². The first-order chi connectivity index (χ1) is 39.6. The van der Waals surface area contributed by atoms with Gasteiger partial charge in [0.1, 0.15) is 12.1 Å². The first kappa shape index (κ1) is 70.0. The standard InChI is InChI=1S/C55H81BrN10O17/c56-42-18-14-40(15-19-42)34-66(24-8-5-9-43(53(79)80)60-55(83)61-44(54(81)82)20-21-48(70)71)52(78)41-16-12-39(13-17-41)33-59-46(68)11-4-7-23-57-45(67)10-3-1-2-6-22-58-47(69)35-62-25-27-63(36-49(72)73)29-31-65(38-51(76)77)32-30-64(28-26-62)37-50(74)75/h12-19,43-44H,1-11,20-38H2,(H,57,67)(H,58,69)(H,59,68)(H,70,71)(H,72,73)(H,74,75)(H,76,77)(H,79,80)(H,81,82)(H2,60,61,83)/t43-,44-/m0/s1. The predicted molar refractivity (Wildman–Crippen MR) is 304 cm³/mol. The van der Waals surface area contributed by atoms with E-state index in [9.17, 15) is 78.3 Å². The molecule has 1 aliphatic rings. The number of rotatable bonds is 37. The Hall–Kier alpha value is -7.27. The van der Waals surface area contributed by atoms with Crippen molar-refractivity contribution in [3.63, 3.8) is 0 Å². The van der Waals surface area contributed by atoms with Crippen LogP contribution in [-0.4, -0.2) is 231 Å². The SMILES string of the molecule is O=C(O)CC[C@H](NC(=O)N[C@@H](CCCCN(Cc1ccc(Br)cc1)C(=O)c1ccc(CNC(=O)CCCCNC(=O)CCCCCCNC(=O)CN2CCN(CC(=O)O)CCN(CC(=O)O)CCN(CC(=O)O)CC2)cc1)C(=O)O)C(=O)O. The highest BCUT2D eigenvalue weighted by Crippen LogP contribution is 2.17. The number of carbonyl (C=O) groups excluding carboxylic acids is 5. The fourth-order valence-corrected chi connectivity index (χ4v) is 9.12. The van der Waals surface area contributed by atoms with Gasteiger partial charge >= 0.3 is 41.8 Å². The van der Waals surface area contributed by atoms with Crippen molar-refractivity contribution in [2.45, 2.75) is 109 Å². The van der Waals surface area contributed by atoms with Crippen LogP contribution in [0.5, 0.6) is 0 Å². The molecule has 0 unspecified atom stereocenters. The third kappa shape index (κ3) is 31.7. The fraction of sp³-hybridized carbons (Fsp3) is 0.582. The average molecular weight is 1230 g/mol. The summed E-state index contributed by atoms with van der Waals surface area (Å²) in [4.78, 5) is 142. The summed E-state index contributed by atoms with van der Waals surface area (Å²) in [6.45, 7) is 3.18. The van der Waals surface area contributed by atoms with E-state index in [1.165, 1.54) is 0 Å². The molecule has 6 amide bonds. The van der Waals surface area contributed by atoms with Gasteiger partial charge in [-0.05, 0) is 86.8 Å². The van der Waals surface area contributed by atoms with E-state index in [1.807, 2.05) is 29.2 Å². The van der Waals surface area contributed by atoms with Gasteiger partial charge in [-0.2, -0.15) is 0 Å². The van der Waals surface area contributed by atoms with E-state index in [2.05, 4.69) is 42.5 Å². The number of carboxylic acid groups (broad SMARTS) is 6. The lowest BCUT2D eigenvalue weighted by Crippen LogP contribution is -2.51. The molecule has 11 N–H and O–H groups in total. The molecule has 2 aromatic rings. The second kappa shape index (κ2) is 39.3. The number of halogens is 1. The molecule has 83 heavy (non-hydrogen) atoms. The van der Waals surface area contributed by atoms with Crippen LogP contribution in [0.3, 0.4) is 0 Å². The summed E-state index contributed by atoms with van der Waals surface area (Å²) in [6, 6.07) is 10.2. The smallest absolute Gasteiger partial charge is 0.326 e. The second-order valence-electron chi connectivity index (χ2n) is 20.3. The lowest BCUT2D eigenvalue weighted by molar-refractivity contribution is -0.141. The molecule has 0 aliphatic carbocycles. The van der Waals surface area contributed by atoms with Gasteiger partial charge in [-0.15, -0.1) is 0 Å². The van der Waals surface area contributed by atoms with Gasteiger partial charge in [-0.1, -0.05) is 53.0 Å². The third-order valence-electron chi connectivity index (χ3n) is 13.5. The van der Waals surface area contributed by atoms with Crippen LogP contribution in [0.1, 0.15) is 105 Å². The lowest BCUT2D eigenvalue weighted by atomic mass is 10.1. The van der Waals surface area contributed by atoms with Gasteiger partial charge < -0.3 is 62.1 Å². The number of nitrogens with zero attached hydrogens (tertiary/aromatic N) is 5. The Balaban J connectivity index is 1.34. The monoisotopic (exact) mass is 1230 g/mol. The molecule has 0 spiro atoms. The molecule has 2 atom stereocenters. The van der Waals surface area contributed by atoms with Crippen molar-refractivity contribution in [3.05, 3.63) is 69.7 Å². The summed E-state index contributed by atoms with van der Waals surface area (Å²) in [5.41, 5.74) is 1.98. The van der Waals surface area contributed by atoms with Crippen molar-refractivity contribution in [2.24, 2.45) is 0 Å². The average Bonchev–Trinajstić information content (AvgIpc) is 3.42. The predicted octanol–water partition coefficient (Wildman–Crippen LogP) is 1.78. The van der Waals surface area contributed by atoms with E-state index in [4.69, 9.17) is 5.11 Å². The Labute approximate surface area is 490 Å². The van der Waals surface area contributed by atoms with Crippen molar-refractivity contribution >= 4 is 81.4 Å². The highest BCUT2D eigenvalue weighted by molar-refractivity contribution is 9.10. The first-order valence-electron chi connectivity index (χ1n) is 27.8. The number of carbonyl (C=O) groups is 11. The highest BCUT2D eigenvalue weighted by Gasteiger charge is 2.26. The van der Waals surface area contributed by atoms with E-state index >= 15 is 0 Å². The Morgan fingerprint density at radius 1 is 0.458 bits per heavy atom. The number of hydrogen-bond donors (Lipinski definition) is 11.